The Morgan fingerprint density at radius 2 is 1.00 bits per heavy atom. The Hall–Kier alpha value is -6.70. The van der Waals surface area contributed by atoms with Crippen LogP contribution in [0.25, 0.3) is 34.4 Å². The standard InChI is InChI=1S/C58H49N/c1-5-57(6-2)54-38-42(30-33-49(54)50-34-32-47(39-55(50)57)59(46-24-14-9-15-25-46)48-36-40(3)35-41(4)37-48)29-31-43-19-18-28-53-56(43)51-26-16-17-27-52(51)58(53,44-20-10-7-11-21-44)45-22-12-8-13-23-45/h7-39H,5-6H2,1-4H3/b31-29+. The highest BCUT2D eigenvalue weighted by molar-refractivity contribution is 5.93. The number of para-hydroxylation sites is 1. The second-order valence-corrected chi connectivity index (χ2v) is 16.5. The number of aryl methyl sites for hydroxylation is 2. The third-order valence-electron chi connectivity index (χ3n) is 13.3. The van der Waals surface area contributed by atoms with Gasteiger partial charge in [-0.2, -0.15) is 0 Å². The Kier molecular flexibility index (Phi) is 9.06. The quantitative estimate of drug-likeness (QED) is 0.133. The van der Waals surface area contributed by atoms with Gasteiger partial charge in [-0.1, -0.05) is 178 Å². The largest absolute Gasteiger partial charge is 0.310 e. The SMILES string of the molecule is CCC1(CC)c2cc(/C=C/c3cccc4c3-c3ccccc3C4(c3ccccc3)c3ccccc3)ccc2-c2ccc(N(c3ccccc3)c3cc(C)cc(C)c3)cc21. The molecule has 0 saturated heterocycles. The molecule has 0 N–H and O–H groups in total. The molecular weight excluding hydrogens is 711 g/mol. The van der Waals surface area contributed by atoms with E-state index in [1.165, 1.54) is 95.0 Å². The smallest absolute Gasteiger partial charge is 0.0713 e. The van der Waals surface area contributed by atoms with Crippen molar-refractivity contribution in [2.45, 2.75) is 51.4 Å². The number of benzene rings is 8. The molecule has 0 aromatic heterocycles. The zero-order valence-electron chi connectivity index (χ0n) is 34.4. The lowest BCUT2D eigenvalue weighted by molar-refractivity contribution is 0.490. The van der Waals surface area contributed by atoms with E-state index in [0.29, 0.717) is 0 Å². The predicted octanol–water partition coefficient (Wildman–Crippen LogP) is 15.4. The van der Waals surface area contributed by atoms with Crippen molar-refractivity contribution in [1.82, 2.24) is 0 Å². The number of nitrogens with zero attached hydrogens (tertiary/aromatic N) is 1. The Balaban J connectivity index is 1.07. The fraction of sp³-hybridized carbons (Fsp3) is 0.138. The van der Waals surface area contributed by atoms with Crippen molar-refractivity contribution in [3.8, 4) is 22.3 Å². The summed E-state index contributed by atoms with van der Waals surface area (Å²) in [5.41, 5.74) is 21.5. The van der Waals surface area contributed by atoms with E-state index in [9.17, 15) is 0 Å². The van der Waals surface area contributed by atoms with Crippen LogP contribution in [0.3, 0.4) is 0 Å². The molecule has 0 heterocycles. The number of rotatable bonds is 9. The Labute approximate surface area is 350 Å². The maximum absolute atomic E-state index is 2.49. The third-order valence-corrected chi connectivity index (χ3v) is 13.3. The molecule has 8 aromatic rings. The topological polar surface area (TPSA) is 3.24 Å². The maximum Gasteiger partial charge on any atom is 0.0713 e. The van der Waals surface area contributed by atoms with Crippen molar-refractivity contribution in [3.63, 3.8) is 0 Å². The van der Waals surface area contributed by atoms with E-state index in [4.69, 9.17) is 0 Å². The third kappa shape index (κ3) is 5.75. The summed E-state index contributed by atoms with van der Waals surface area (Å²) in [5, 5.41) is 0. The summed E-state index contributed by atoms with van der Waals surface area (Å²) in [6, 6.07) is 70.1. The van der Waals surface area contributed by atoms with Gasteiger partial charge in [0.25, 0.3) is 0 Å². The Morgan fingerprint density at radius 1 is 0.424 bits per heavy atom. The zero-order valence-corrected chi connectivity index (χ0v) is 34.4. The van der Waals surface area contributed by atoms with Gasteiger partial charge in [0, 0.05) is 22.5 Å². The highest BCUT2D eigenvalue weighted by Crippen LogP contribution is 2.58. The summed E-state index contributed by atoms with van der Waals surface area (Å²) >= 11 is 0. The summed E-state index contributed by atoms with van der Waals surface area (Å²) in [7, 11) is 0. The molecule has 0 bridgehead atoms. The average molecular weight is 760 g/mol. The van der Waals surface area contributed by atoms with Crippen LogP contribution in [0.5, 0.6) is 0 Å². The molecule has 2 aliphatic carbocycles. The molecule has 0 fully saturated rings. The molecule has 0 saturated carbocycles. The number of hydrogen-bond donors (Lipinski definition) is 0. The molecule has 59 heavy (non-hydrogen) atoms. The normalized spacial score (nSPS) is 14.1. The van der Waals surface area contributed by atoms with E-state index in [1.54, 1.807) is 0 Å². The van der Waals surface area contributed by atoms with E-state index in [1.807, 2.05) is 0 Å². The lowest BCUT2D eigenvalue weighted by Gasteiger charge is -2.33. The summed E-state index contributed by atoms with van der Waals surface area (Å²) < 4.78 is 0. The summed E-state index contributed by atoms with van der Waals surface area (Å²) in [6.07, 6.45) is 6.74. The Morgan fingerprint density at radius 3 is 1.66 bits per heavy atom. The minimum atomic E-state index is -0.410. The van der Waals surface area contributed by atoms with Crippen LogP contribution in [0.2, 0.25) is 0 Å². The fourth-order valence-electron chi connectivity index (χ4n) is 10.7. The van der Waals surface area contributed by atoms with E-state index < -0.39 is 5.41 Å². The van der Waals surface area contributed by atoms with Crippen LogP contribution in [-0.2, 0) is 10.8 Å². The molecule has 286 valence electrons. The second kappa shape index (κ2) is 14.6. The fourth-order valence-corrected chi connectivity index (χ4v) is 10.7. The van der Waals surface area contributed by atoms with Gasteiger partial charge in [-0.3, -0.25) is 0 Å². The van der Waals surface area contributed by atoms with Crippen LogP contribution >= 0.6 is 0 Å². The van der Waals surface area contributed by atoms with Crippen molar-refractivity contribution in [2.24, 2.45) is 0 Å². The molecule has 0 radical (unpaired) electrons. The molecule has 0 unspecified atom stereocenters. The van der Waals surface area contributed by atoms with Crippen LogP contribution in [0, 0.1) is 13.8 Å². The Bertz CT molecular complexity index is 2800. The first-order valence-corrected chi connectivity index (χ1v) is 21.2. The molecule has 8 aromatic carbocycles. The first-order chi connectivity index (χ1) is 29.0. The highest BCUT2D eigenvalue weighted by Gasteiger charge is 2.46. The first-order valence-electron chi connectivity index (χ1n) is 21.2. The van der Waals surface area contributed by atoms with E-state index in [2.05, 4.69) is 233 Å². The van der Waals surface area contributed by atoms with Gasteiger partial charge in [0.2, 0.25) is 0 Å². The predicted molar refractivity (Wildman–Crippen MR) is 250 cm³/mol. The molecule has 0 atom stereocenters. The van der Waals surface area contributed by atoms with Crippen molar-refractivity contribution in [2.75, 3.05) is 4.90 Å². The van der Waals surface area contributed by atoms with Crippen LogP contribution in [-0.4, -0.2) is 0 Å². The van der Waals surface area contributed by atoms with Gasteiger partial charge < -0.3 is 4.90 Å². The summed E-state index contributed by atoms with van der Waals surface area (Å²) in [4.78, 5) is 2.42. The monoisotopic (exact) mass is 759 g/mol. The molecule has 0 spiro atoms. The van der Waals surface area contributed by atoms with Crippen LogP contribution in [0.4, 0.5) is 17.1 Å². The van der Waals surface area contributed by atoms with Gasteiger partial charge in [-0.05, 0) is 141 Å². The number of fused-ring (bicyclic) bond motifs is 6. The second-order valence-electron chi connectivity index (χ2n) is 16.5. The van der Waals surface area contributed by atoms with Crippen molar-refractivity contribution < 1.29 is 0 Å². The van der Waals surface area contributed by atoms with Gasteiger partial charge in [-0.25, -0.2) is 0 Å². The zero-order chi connectivity index (χ0) is 40.1. The van der Waals surface area contributed by atoms with E-state index in [0.717, 1.165) is 12.8 Å². The summed E-state index contributed by atoms with van der Waals surface area (Å²) in [5.74, 6) is 0. The lowest BCUT2D eigenvalue weighted by Crippen LogP contribution is -2.28. The minimum absolute atomic E-state index is 0.0900. The van der Waals surface area contributed by atoms with Crippen LogP contribution in [0.1, 0.15) is 82.3 Å². The molecular formula is C58H49N. The maximum atomic E-state index is 2.49. The molecule has 10 rings (SSSR count). The van der Waals surface area contributed by atoms with Gasteiger partial charge >= 0.3 is 0 Å². The van der Waals surface area contributed by atoms with Gasteiger partial charge in [0.1, 0.15) is 0 Å². The lowest BCUT2D eigenvalue weighted by atomic mass is 9.67. The number of hydrogen-bond acceptors (Lipinski definition) is 1. The van der Waals surface area contributed by atoms with E-state index in [-0.39, 0.29) is 5.41 Å². The number of anilines is 3. The molecule has 2 aliphatic rings. The molecule has 1 heteroatoms. The van der Waals surface area contributed by atoms with Crippen molar-refractivity contribution in [1.29, 1.82) is 0 Å². The van der Waals surface area contributed by atoms with Crippen molar-refractivity contribution >= 4 is 29.2 Å². The van der Waals surface area contributed by atoms with E-state index >= 15 is 0 Å². The summed E-state index contributed by atoms with van der Waals surface area (Å²) in [6.45, 7) is 9.12. The minimum Gasteiger partial charge on any atom is -0.310 e. The van der Waals surface area contributed by atoms with Crippen molar-refractivity contribution in [3.05, 3.63) is 244 Å². The van der Waals surface area contributed by atoms with Gasteiger partial charge in [-0.15, -0.1) is 0 Å². The average Bonchev–Trinajstić information content (AvgIpc) is 3.74. The molecule has 0 amide bonds. The first kappa shape index (κ1) is 36.6. The van der Waals surface area contributed by atoms with Crippen LogP contribution in [0.15, 0.2) is 188 Å². The van der Waals surface area contributed by atoms with Gasteiger partial charge in [0.05, 0.1) is 5.41 Å². The van der Waals surface area contributed by atoms with Crippen LogP contribution < -0.4 is 4.90 Å². The molecule has 0 aliphatic heterocycles. The molecule has 1 nitrogen and oxygen atoms in total. The highest BCUT2D eigenvalue weighted by atomic mass is 15.1. The van der Waals surface area contributed by atoms with Gasteiger partial charge in [0.15, 0.2) is 0 Å².